The number of hydrogen-bond acceptors (Lipinski definition) is 10. The predicted molar refractivity (Wildman–Crippen MR) is 153 cm³/mol. The van der Waals surface area contributed by atoms with Crippen LogP contribution in [0.2, 0.25) is 0 Å². The first-order chi connectivity index (χ1) is 20.7. The Morgan fingerprint density at radius 1 is 0.837 bits per heavy atom. The van der Waals surface area contributed by atoms with Gasteiger partial charge in [0.25, 0.3) is 0 Å². The first-order valence-corrected chi connectivity index (χ1v) is 13.7. The Morgan fingerprint density at radius 3 is 1.79 bits per heavy atom. The molecule has 1 aliphatic heterocycles. The van der Waals surface area contributed by atoms with E-state index in [1.807, 2.05) is 91.0 Å². The smallest absolute Gasteiger partial charge is 0.376 e. The molecule has 0 amide bonds. The van der Waals surface area contributed by atoms with Gasteiger partial charge in [-0.1, -0.05) is 91.0 Å². The number of carbonyl (C=O) groups is 2. The van der Waals surface area contributed by atoms with Gasteiger partial charge in [0.15, 0.2) is 11.9 Å². The van der Waals surface area contributed by atoms with E-state index in [4.69, 9.17) is 28.1 Å². The molecule has 10 heteroatoms. The van der Waals surface area contributed by atoms with Crippen molar-refractivity contribution in [3.05, 3.63) is 125 Å². The number of aliphatic hydroxyl groups is 1. The summed E-state index contributed by atoms with van der Waals surface area (Å²) >= 11 is 0. The van der Waals surface area contributed by atoms with E-state index in [0.717, 1.165) is 30.9 Å². The number of hydrogen-bond donors (Lipinski definition) is 1. The number of benzene rings is 3. The Labute approximate surface area is 249 Å². The summed E-state index contributed by atoms with van der Waals surface area (Å²) in [6.07, 6.45) is -3.42. The van der Waals surface area contributed by atoms with Crippen molar-refractivity contribution in [2.75, 3.05) is 20.8 Å². The van der Waals surface area contributed by atoms with Crippen LogP contribution in [0, 0.1) is 0 Å². The molecule has 43 heavy (non-hydrogen) atoms. The third-order valence-corrected chi connectivity index (χ3v) is 7.16. The van der Waals surface area contributed by atoms with Crippen molar-refractivity contribution in [1.82, 2.24) is 4.98 Å². The zero-order valence-electron chi connectivity index (χ0n) is 24.3. The van der Waals surface area contributed by atoms with Gasteiger partial charge in [-0.2, -0.15) is 0 Å². The molecule has 3 atom stereocenters. The van der Waals surface area contributed by atoms with Crippen LogP contribution in [-0.2, 0) is 29.3 Å². The van der Waals surface area contributed by atoms with E-state index >= 15 is 0 Å². The second kappa shape index (κ2) is 12.5. The summed E-state index contributed by atoms with van der Waals surface area (Å²) in [6.45, 7) is 3.13. The third-order valence-electron chi connectivity index (χ3n) is 7.16. The molecule has 0 bridgehead atoms. The van der Waals surface area contributed by atoms with Crippen LogP contribution in [0.1, 0.15) is 63.6 Å². The van der Waals surface area contributed by atoms with Crippen LogP contribution in [0.15, 0.2) is 95.4 Å². The Balaban J connectivity index is 1.52. The third kappa shape index (κ3) is 5.95. The molecule has 3 aromatic carbocycles. The van der Waals surface area contributed by atoms with E-state index in [-0.39, 0.29) is 18.2 Å². The van der Waals surface area contributed by atoms with Gasteiger partial charge in [-0.15, -0.1) is 0 Å². The molecule has 0 saturated carbocycles. The first-order valence-electron chi connectivity index (χ1n) is 13.7. The fraction of sp³-hybridized carbons (Fsp3) is 0.303. The summed E-state index contributed by atoms with van der Waals surface area (Å²) in [7, 11) is 2.30. The lowest BCUT2D eigenvalue weighted by atomic mass is 9.80. The standard InChI is InChI=1S/C33H33NO9/c1-32(2)42-26(28(43-32)29-34-25(30(36)38-3)27(41-29)31(37)39-4)24(35)20-40-33(21-14-8-5-9-15-21,22-16-10-6-11-17-22)23-18-12-7-13-19-23/h5-19,24,26,28,35H,20H2,1-4H3/t24-,26-,28-/m1/s1. The Kier molecular flexibility index (Phi) is 8.74. The Morgan fingerprint density at radius 2 is 1.33 bits per heavy atom. The van der Waals surface area contributed by atoms with E-state index < -0.39 is 47.4 Å². The second-order valence-electron chi connectivity index (χ2n) is 10.4. The number of aromatic nitrogens is 1. The van der Waals surface area contributed by atoms with Crippen molar-refractivity contribution in [1.29, 1.82) is 0 Å². The van der Waals surface area contributed by atoms with Crippen molar-refractivity contribution < 1.29 is 42.8 Å². The molecule has 1 saturated heterocycles. The van der Waals surface area contributed by atoms with Crippen molar-refractivity contribution in [3.8, 4) is 0 Å². The molecule has 2 heterocycles. The average molecular weight is 588 g/mol. The number of ether oxygens (including phenoxy) is 5. The van der Waals surface area contributed by atoms with Crippen LogP contribution in [0.3, 0.4) is 0 Å². The fourth-order valence-corrected chi connectivity index (χ4v) is 5.26. The number of oxazole rings is 1. The monoisotopic (exact) mass is 587 g/mol. The Bertz CT molecular complexity index is 1410. The molecule has 224 valence electrons. The molecule has 0 radical (unpaired) electrons. The lowest BCUT2D eigenvalue weighted by Crippen LogP contribution is -2.41. The quantitative estimate of drug-likeness (QED) is 0.204. The fourth-order valence-electron chi connectivity index (χ4n) is 5.26. The number of carbonyl (C=O) groups excluding carboxylic acids is 2. The van der Waals surface area contributed by atoms with E-state index in [0.29, 0.717) is 0 Å². The summed E-state index contributed by atoms with van der Waals surface area (Å²) in [5.74, 6) is -3.59. The minimum absolute atomic E-state index is 0.157. The highest BCUT2D eigenvalue weighted by molar-refractivity contribution is 5.99. The van der Waals surface area contributed by atoms with Crippen LogP contribution in [-0.4, -0.2) is 60.9 Å². The summed E-state index contributed by atoms with van der Waals surface area (Å²) in [6, 6.07) is 29.2. The van der Waals surface area contributed by atoms with Gasteiger partial charge in [0.05, 0.1) is 20.8 Å². The molecule has 5 rings (SSSR count). The van der Waals surface area contributed by atoms with Crippen molar-refractivity contribution in [2.45, 2.75) is 43.5 Å². The van der Waals surface area contributed by atoms with Gasteiger partial charge in [-0.25, -0.2) is 14.6 Å². The maximum absolute atomic E-state index is 12.3. The van der Waals surface area contributed by atoms with Gasteiger partial charge in [-0.05, 0) is 30.5 Å². The molecule has 1 fully saturated rings. The van der Waals surface area contributed by atoms with Crippen LogP contribution in [0.4, 0.5) is 0 Å². The molecular formula is C33H33NO9. The van der Waals surface area contributed by atoms with Gasteiger partial charge >= 0.3 is 11.9 Å². The molecule has 1 aromatic heterocycles. The van der Waals surface area contributed by atoms with E-state index in [1.54, 1.807) is 13.8 Å². The summed E-state index contributed by atoms with van der Waals surface area (Å²) in [4.78, 5) is 28.9. The largest absolute Gasteiger partial charge is 0.464 e. The molecule has 0 aliphatic carbocycles. The Hall–Kier alpha value is -4.35. The molecule has 1 N–H and O–H groups in total. The number of esters is 2. The van der Waals surface area contributed by atoms with Gasteiger partial charge in [0.2, 0.25) is 17.3 Å². The van der Waals surface area contributed by atoms with Crippen LogP contribution < -0.4 is 0 Å². The number of methoxy groups -OCH3 is 2. The summed E-state index contributed by atoms with van der Waals surface area (Å²) in [5, 5.41) is 11.6. The van der Waals surface area contributed by atoms with Crippen LogP contribution in [0.25, 0.3) is 0 Å². The minimum Gasteiger partial charge on any atom is -0.464 e. The van der Waals surface area contributed by atoms with E-state index in [1.165, 1.54) is 0 Å². The summed E-state index contributed by atoms with van der Waals surface area (Å²) < 4.78 is 34.1. The van der Waals surface area contributed by atoms with Gasteiger partial charge in [0, 0.05) is 0 Å². The highest BCUT2D eigenvalue weighted by Gasteiger charge is 2.50. The first kappa shape index (κ1) is 30.1. The van der Waals surface area contributed by atoms with Crippen molar-refractivity contribution in [3.63, 3.8) is 0 Å². The molecular weight excluding hydrogens is 554 g/mol. The van der Waals surface area contributed by atoms with Crippen LogP contribution in [0.5, 0.6) is 0 Å². The summed E-state index contributed by atoms with van der Waals surface area (Å²) in [5.41, 5.74) is 1.11. The second-order valence-corrected chi connectivity index (χ2v) is 10.4. The highest BCUT2D eigenvalue weighted by atomic mass is 16.8. The maximum atomic E-state index is 12.3. The minimum atomic E-state index is -1.27. The van der Waals surface area contributed by atoms with E-state index in [2.05, 4.69) is 4.98 Å². The normalized spacial score (nSPS) is 18.6. The lowest BCUT2D eigenvalue weighted by molar-refractivity contribution is -0.162. The topological polar surface area (TPSA) is 127 Å². The SMILES string of the molecule is COC(=O)c1nc([C@@H]2OC(C)(C)O[C@@H]2[C@H](O)COC(c2ccccc2)(c2ccccc2)c2ccccc2)oc1C(=O)OC. The van der Waals surface area contributed by atoms with Crippen LogP contribution >= 0.6 is 0 Å². The molecule has 4 aromatic rings. The average Bonchev–Trinajstić information content (AvgIpc) is 3.63. The molecule has 0 unspecified atom stereocenters. The van der Waals surface area contributed by atoms with Gasteiger partial charge in [0.1, 0.15) is 17.8 Å². The highest BCUT2D eigenvalue weighted by Crippen LogP contribution is 2.43. The van der Waals surface area contributed by atoms with Crippen molar-refractivity contribution in [2.24, 2.45) is 0 Å². The van der Waals surface area contributed by atoms with E-state index in [9.17, 15) is 14.7 Å². The molecule has 1 aliphatic rings. The van der Waals surface area contributed by atoms with Crippen molar-refractivity contribution >= 4 is 11.9 Å². The lowest BCUT2D eigenvalue weighted by Gasteiger charge is -2.37. The van der Waals surface area contributed by atoms with Gasteiger partial charge in [-0.3, -0.25) is 0 Å². The predicted octanol–water partition coefficient (Wildman–Crippen LogP) is 4.81. The maximum Gasteiger partial charge on any atom is 0.376 e. The van der Waals surface area contributed by atoms with Gasteiger partial charge < -0.3 is 33.2 Å². The molecule has 10 nitrogen and oxygen atoms in total. The zero-order valence-corrected chi connectivity index (χ0v) is 24.3. The molecule has 0 spiro atoms. The number of aliphatic hydroxyl groups excluding tert-OH is 1. The zero-order chi connectivity index (χ0) is 30.6. The number of rotatable bonds is 10. The number of nitrogens with zero attached hydrogens (tertiary/aromatic N) is 1.